The number of hydrogen-bond acceptors (Lipinski definition) is 3. The molecule has 2 rings (SSSR count). The lowest BCUT2D eigenvalue weighted by Crippen LogP contribution is -2.14. The third-order valence-electron chi connectivity index (χ3n) is 2.58. The van der Waals surface area contributed by atoms with Gasteiger partial charge in [-0.2, -0.15) is 0 Å². The Kier molecular flexibility index (Phi) is 4.82. The second-order valence-electron chi connectivity index (χ2n) is 4.15. The van der Waals surface area contributed by atoms with E-state index in [4.69, 9.17) is 5.14 Å². The molecule has 0 bridgehead atoms. The summed E-state index contributed by atoms with van der Waals surface area (Å²) in [6, 6.07) is 11.2. The Labute approximate surface area is 138 Å². The van der Waals surface area contributed by atoms with Gasteiger partial charge in [0.15, 0.2) is 0 Å². The second kappa shape index (κ2) is 6.27. The van der Waals surface area contributed by atoms with Crippen molar-refractivity contribution in [3.63, 3.8) is 0 Å². The Morgan fingerprint density at radius 3 is 2.38 bits per heavy atom. The van der Waals surface area contributed by atoms with Gasteiger partial charge < -0.3 is 5.32 Å². The molecule has 0 unspecified atom stereocenters. The van der Waals surface area contributed by atoms with E-state index in [0.717, 1.165) is 4.47 Å². The van der Waals surface area contributed by atoms with Crippen LogP contribution in [0.5, 0.6) is 0 Å². The first-order chi connectivity index (χ1) is 9.77. The van der Waals surface area contributed by atoms with Gasteiger partial charge in [0.05, 0.1) is 4.90 Å². The lowest BCUT2D eigenvalue weighted by Gasteiger charge is -2.08. The van der Waals surface area contributed by atoms with Crippen molar-refractivity contribution in [2.24, 2.45) is 5.14 Å². The minimum absolute atomic E-state index is 0.0389. The summed E-state index contributed by atoms with van der Waals surface area (Å²) in [5.41, 5.74) is 0.940. The summed E-state index contributed by atoms with van der Waals surface area (Å²) in [7, 11) is -3.80. The molecule has 0 heterocycles. The molecule has 0 aromatic heterocycles. The fourth-order valence-corrected chi connectivity index (χ4v) is 3.69. The van der Waals surface area contributed by atoms with Crippen LogP contribution >= 0.6 is 31.9 Å². The molecule has 0 saturated heterocycles. The topological polar surface area (TPSA) is 89.3 Å². The first kappa shape index (κ1) is 16.2. The van der Waals surface area contributed by atoms with E-state index in [9.17, 15) is 13.2 Å². The quantitative estimate of drug-likeness (QED) is 0.779. The lowest BCUT2D eigenvalue weighted by molar-refractivity contribution is 0.102. The molecule has 0 aliphatic heterocycles. The molecule has 0 saturated carbocycles. The van der Waals surface area contributed by atoms with Crippen molar-refractivity contribution < 1.29 is 13.2 Å². The Morgan fingerprint density at radius 2 is 1.81 bits per heavy atom. The molecule has 0 radical (unpaired) electrons. The number of anilines is 1. The van der Waals surface area contributed by atoms with Crippen LogP contribution in [0, 0.1) is 0 Å². The fraction of sp³-hybridized carbons (Fsp3) is 0. The summed E-state index contributed by atoms with van der Waals surface area (Å²) >= 11 is 6.41. The number of carbonyl (C=O) groups is 1. The van der Waals surface area contributed by atoms with Gasteiger partial charge in [-0.3, -0.25) is 4.79 Å². The molecule has 2 aromatic rings. The monoisotopic (exact) mass is 432 g/mol. The zero-order chi connectivity index (χ0) is 15.6. The average molecular weight is 434 g/mol. The Balaban J connectivity index is 2.25. The minimum Gasteiger partial charge on any atom is -0.322 e. The van der Waals surface area contributed by atoms with Crippen LogP contribution in [0.3, 0.4) is 0 Å². The molecule has 0 spiro atoms. The smallest absolute Gasteiger partial charge is 0.255 e. The van der Waals surface area contributed by atoms with Gasteiger partial charge in [0, 0.05) is 20.2 Å². The molecule has 110 valence electrons. The number of benzene rings is 2. The van der Waals surface area contributed by atoms with Crippen molar-refractivity contribution >= 4 is 53.5 Å². The van der Waals surface area contributed by atoms with Crippen LogP contribution in [0.4, 0.5) is 5.69 Å². The van der Waals surface area contributed by atoms with Gasteiger partial charge in [0.25, 0.3) is 5.91 Å². The molecule has 0 fully saturated rings. The summed E-state index contributed by atoms with van der Waals surface area (Å²) in [4.78, 5) is 12.0. The largest absolute Gasteiger partial charge is 0.322 e. The number of nitrogens with one attached hydrogen (secondary N) is 1. The van der Waals surface area contributed by atoms with Gasteiger partial charge in [-0.15, -0.1) is 0 Å². The van der Waals surface area contributed by atoms with Gasteiger partial charge >= 0.3 is 0 Å². The maximum Gasteiger partial charge on any atom is 0.255 e. The first-order valence-corrected chi connectivity index (χ1v) is 8.80. The molecule has 5 nitrogen and oxygen atoms in total. The normalized spacial score (nSPS) is 11.2. The number of hydrogen-bond donors (Lipinski definition) is 2. The Morgan fingerprint density at radius 1 is 1.10 bits per heavy atom. The molecule has 1 amide bonds. The van der Waals surface area contributed by atoms with Crippen LogP contribution in [0.25, 0.3) is 0 Å². The zero-order valence-corrected chi connectivity index (χ0v) is 14.5. The number of primary sulfonamides is 1. The van der Waals surface area contributed by atoms with Crippen molar-refractivity contribution in [3.05, 3.63) is 57.0 Å². The number of amides is 1. The van der Waals surface area contributed by atoms with Gasteiger partial charge in [-0.25, -0.2) is 13.6 Å². The predicted molar refractivity (Wildman–Crippen MR) is 87.6 cm³/mol. The first-order valence-electron chi connectivity index (χ1n) is 5.66. The summed E-state index contributed by atoms with van der Waals surface area (Å²) in [5, 5.41) is 7.75. The van der Waals surface area contributed by atoms with E-state index < -0.39 is 10.0 Å². The van der Waals surface area contributed by atoms with Gasteiger partial charge in [-0.05, 0) is 52.3 Å². The SMILES string of the molecule is NS(=O)(=O)c1ccc(NC(=O)c2cccc(Br)c2)cc1Br. The number of sulfonamides is 1. The summed E-state index contributed by atoms with van der Waals surface area (Å²) in [6.07, 6.45) is 0. The van der Waals surface area contributed by atoms with Crippen molar-refractivity contribution in [1.82, 2.24) is 0 Å². The van der Waals surface area contributed by atoms with Gasteiger partial charge in [0.2, 0.25) is 10.0 Å². The van der Waals surface area contributed by atoms with Crippen molar-refractivity contribution in [3.8, 4) is 0 Å². The molecule has 0 atom stereocenters. The Bertz CT molecular complexity index is 807. The van der Waals surface area contributed by atoms with E-state index in [1.54, 1.807) is 18.2 Å². The molecule has 0 aliphatic rings. The van der Waals surface area contributed by atoms with Crippen molar-refractivity contribution in [2.75, 3.05) is 5.32 Å². The second-order valence-corrected chi connectivity index (χ2v) is 7.45. The van der Waals surface area contributed by atoms with E-state index in [-0.39, 0.29) is 15.3 Å². The number of nitrogens with two attached hydrogens (primary N) is 1. The van der Waals surface area contributed by atoms with Crippen molar-refractivity contribution in [2.45, 2.75) is 4.90 Å². The van der Waals surface area contributed by atoms with Crippen LogP contribution < -0.4 is 10.5 Å². The van der Waals surface area contributed by atoms with E-state index in [0.29, 0.717) is 11.3 Å². The maximum atomic E-state index is 12.1. The molecular weight excluding hydrogens is 424 g/mol. The highest BCUT2D eigenvalue weighted by atomic mass is 79.9. The van der Waals surface area contributed by atoms with E-state index in [2.05, 4.69) is 37.2 Å². The minimum atomic E-state index is -3.80. The van der Waals surface area contributed by atoms with Crippen LogP contribution in [0.2, 0.25) is 0 Å². The molecule has 8 heteroatoms. The van der Waals surface area contributed by atoms with Crippen LogP contribution in [-0.4, -0.2) is 14.3 Å². The summed E-state index contributed by atoms with van der Waals surface area (Å²) in [6.45, 7) is 0. The highest BCUT2D eigenvalue weighted by Crippen LogP contribution is 2.25. The van der Waals surface area contributed by atoms with E-state index >= 15 is 0 Å². The lowest BCUT2D eigenvalue weighted by atomic mass is 10.2. The number of rotatable bonds is 3. The van der Waals surface area contributed by atoms with E-state index in [1.165, 1.54) is 18.2 Å². The average Bonchev–Trinajstić information content (AvgIpc) is 2.37. The van der Waals surface area contributed by atoms with Gasteiger partial charge in [0.1, 0.15) is 0 Å². The predicted octanol–water partition coefficient (Wildman–Crippen LogP) is 3.11. The third-order valence-corrected chi connectivity index (χ3v) is 4.96. The molecule has 21 heavy (non-hydrogen) atoms. The molecule has 0 aliphatic carbocycles. The van der Waals surface area contributed by atoms with Crippen LogP contribution in [0.1, 0.15) is 10.4 Å². The van der Waals surface area contributed by atoms with Crippen LogP contribution in [0.15, 0.2) is 56.3 Å². The Hall–Kier alpha value is -1.22. The standard InChI is InChI=1S/C13H10Br2N2O3S/c14-9-3-1-2-8(6-9)13(18)17-10-4-5-12(11(15)7-10)21(16,19)20/h1-7H,(H,17,18)(H2,16,19,20). The molecule has 2 aromatic carbocycles. The van der Waals surface area contributed by atoms with Crippen LogP contribution in [-0.2, 0) is 10.0 Å². The number of carbonyl (C=O) groups excluding carboxylic acids is 1. The summed E-state index contributed by atoms with van der Waals surface area (Å²) in [5.74, 6) is -0.299. The fourth-order valence-electron chi connectivity index (χ4n) is 1.64. The number of halogens is 2. The highest BCUT2D eigenvalue weighted by Gasteiger charge is 2.14. The van der Waals surface area contributed by atoms with Gasteiger partial charge in [-0.1, -0.05) is 22.0 Å². The third kappa shape index (κ3) is 4.13. The van der Waals surface area contributed by atoms with Crippen molar-refractivity contribution in [1.29, 1.82) is 0 Å². The highest BCUT2D eigenvalue weighted by molar-refractivity contribution is 9.10. The zero-order valence-electron chi connectivity index (χ0n) is 10.5. The molecule has 3 N–H and O–H groups in total. The molecular formula is C13H10Br2N2O3S. The van der Waals surface area contributed by atoms with E-state index in [1.807, 2.05) is 6.07 Å². The summed E-state index contributed by atoms with van der Waals surface area (Å²) < 4.78 is 23.7. The maximum absolute atomic E-state index is 12.1.